The second-order valence-corrected chi connectivity index (χ2v) is 12.1. The second kappa shape index (κ2) is 12.2. The highest BCUT2D eigenvalue weighted by atomic mass is 32.2. The molecule has 1 fully saturated rings. The number of para-hydroxylation sites is 1. The number of hydrogen-bond acceptors (Lipinski definition) is 4. The molecule has 0 spiro atoms. The van der Waals surface area contributed by atoms with E-state index in [1.165, 1.54) is 49.4 Å². The Morgan fingerprint density at radius 1 is 1.12 bits per heavy atom. The number of amides is 2. The maximum Gasteiger partial charge on any atom is 0.241 e. The number of rotatable bonds is 9. The molecule has 4 rings (SSSR count). The molecular weight excluding hydrogens is 460 g/mol. The van der Waals surface area contributed by atoms with Gasteiger partial charge in [0, 0.05) is 16.7 Å². The first-order valence-electron chi connectivity index (χ1n) is 12.5. The lowest BCUT2D eigenvalue weighted by atomic mass is 10.0. The highest BCUT2D eigenvalue weighted by Gasteiger charge is 2.39. The number of nitrogens with zero attached hydrogens (tertiary/aromatic N) is 1. The molecule has 1 aliphatic carbocycles. The molecule has 2 atom stereocenters. The highest BCUT2D eigenvalue weighted by Crippen LogP contribution is 2.42. The molecule has 0 saturated heterocycles. The van der Waals surface area contributed by atoms with E-state index in [9.17, 15) is 9.59 Å². The van der Waals surface area contributed by atoms with Crippen LogP contribution >= 0.6 is 23.5 Å². The van der Waals surface area contributed by atoms with Crippen LogP contribution in [0.2, 0.25) is 0 Å². The molecule has 182 valence electrons. The minimum atomic E-state index is -0.419. The van der Waals surface area contributed by atoms with Crippen LogP contribution in [0, 0.1) is 12.8 Å². The Labute approximate surface area is 212 Å². The van der Waals surface area contributed by atoms with Crippen LogP contribution in [0.25, 0.3) is 0 Å². The van der Waals surface area contributed by atoms with Crippen molar-refractivity contribution in [1.29, 1.82) is 0 Å². The summed E-state index contributed by atoms with van der Waals surface area (Å²) < 4.78 is 0. The fourth-order valence-corrected chi connectivity index (χ4v) is 7.25. The lowest BCUT2D eigenvalue weighted by molar-refractivity contribution is -0.128. The van der Waals surface area contributed by atoms with Crippen molar-refractivity contribution in [2.75, 3.05) is 17.2 Å². The van der Waals surface area contributed by atoms with E-state index in [0.717, 1.165) is 33.6 Å². The Morgan fingerprint density at radius 2 is 1.85 bits per heavy atom. The van der Waals surface area contributed by atoms with Gasteiger partial charge in [0.05, 0.1) is 18.2 Å². The summed E-state index contributed by atoms with van der Waals surface area (Å²) in [4.78, 5) is 29.5. The van der Waals surface area contributed by atoms with Crippen molar-refractivity contribution < 1.29 is 9.59 Å². The summed E-state index contributed by atoms with van der Waals surface area (Å²) in [5.74, 6) is 0.689. The Balaban J connectivity index is 1.35. The van der Waals surface area contributed by atoms with Gasteiger partial charge >= 0.3 is 0 Å². The molecule has 1 saturated carbocycles. The highest BCUT2D eigenvalue weighted by molar-refractivity contribution is 8.01. The molecule has 0 radical (unpaired) electrons. The summed E-state index contributed by atoms with van der Waals surface area (Å²) in [6.45, 7) is 5.14. The number of benzene rings is 2. The molecule has 2 amide bonds. The number of carbonyl (C=O) groups excluding carboxylic acids is 2. The molecule has 34 heavy (non-hydrogen) atoms. The summed E-state index contributed by atoms with van der Waals surface area (Å²) in [7, 11) is 0. The molecule has 2 aromatic rings. The van der Waals surface area contributed by atoms with Crippen molar-refractivity contribution >= 4 is 41.0 Å². The average Bonchev–Trinajstić information content (AvgIpc) is 2.86. The molecule has 6 heteroatoms. The Kier molecular flexibility index (Phi) is 9.01. The fraction of sp³-hybridized carbons (Fsp3) is 0.500. The van der Waals surface area contributed by atoms with Crippen LogP contribution in [0.4, 0.5) is 5.69 Å². The second-order valence-electron chi connectivity index (χ2n) is 9.48. The van der Waals surface area contributed by atoms with Gasteiger partial charge < -0.3 is 10.2 Å². The molecule has 0 aromatic heterocycles. The summed E-state index contributed by atoms with van der Waals surface area (Å²) in [6.07, 6.45) is 7.78. The quantitative estimate of drug-likeness (QED) is 0.419. The molecule has 4 nitrogen and oxygen atoms in total. The SMILES string of the molecule is Cc1ccc(CN2C(=O)[C@H]([C@H](C)C(=O)NCCCSC3CCCCC3)Sc3ccccc32)cc1. The molecule has 1 heterocycles. The number of fused-ring (bicyclic) bond motifs is 1. The first-order valence-corrected chi connectivity index (χ1v) is 14.5. The van der Waals surface area contributed by atoms with Crippen molar-refractivity contribution in [2.24, 2.45) is 5.92 Å². The van der Waals surface area contributed by atoms with Crippen molar-refractivity contribution in [3.05, 3.63) is 59.7 Å². The van der Waals surface area contributed by atoms with E-state index in [1.54, 1.807) is 0 Å². The predicted molar refractivity (Wildman–Crippen MR) is 145 cm³/mol. The lowest BCUT2D eigenvalue weighted by Crippen LogP contribution is -2.47. The van der Waals surface area contributed by atoms with Crippen LogP contribution in [0.1, 0.15) is 56.6 Å². The monoisotopic (exact) mass is 496 g/mol. The smallest absolute Gasteiger partial charge is 0.241 e. The zero-order valence-electron chi connectivity index (χ0n) is 20.3. The normalized spacial score (nSPS) is 19.5. The first-order chi connectivity index (χ1) is 16.5. The number of carbonyl (C=O) groups is 2. The van der Waals surface area contributed by atoms with Crippen molar-refractivity contribution in [3.63, 3.8) is 0 Å². The number of hydrogen-bond donors (Lipinski definition) is 1. The Hall–Kier alpha value is -1.92. The number of aryl methyl sites for hydroxylation is 1. The largest absolute Gasteiger partial charge is 0.356 e. The first kappa shape index (κ1) is 25.2. The number of anilines is 1. The Bertz CT molecular complexity index is 973. The van der Waals surface area contributed by atoms with Gasteiger partial charge in [0.15, 0.2) is 0 Å². The van der Waals surface area contributed by atoms with Gasteiger partial charge in [0.1, 0.15) is 5.25 Å². The van der Waals surface area contributed by atoms with Crippen molar-refractivity contribution in [1.82, 2.24) is 5.32 Å². The average molecular weight is 497 g/mol. The van der Waals surface area contributed by atoms with E-state index in [1.807, 2.05) is 30.0 Å². The predicted octanol–water partition coefficient (Wildman–Crippen LogP) is 6.21. The van der Waals surface area contributed by atoms with Crippen molar-refractivity contribution in [3.8, 4) is 0 Å². The maximum absolute atomic E-state index is 13.6. The molecule has 1 aliphatic heterocycles. The molecule has 2 aliphatic rings. The minimum Gasteiger partial charge on any atom is -0.356 e. The van der Waals surface area contributed by atoms with Crippen LogP contribution < -0.4 is 10.2 Å². The van der Waals surface area contributed by atoms with E-state index in [4.69, 9.17) is 0 Å². The van der Waals surface area contributed by atoms with Gasteiger partial charge in [-0.15, -0.1) is 11.8 Å². The van der Waals surface area contributed by atoms with Crippen LogP contribution in [-0.2, 0) is 16.1 Å². The van der Waals surface area contributed by atoms with Crippen molar-refractivity contribution in [2.45, 2.75) is 74.3 Å². The van der Waals surface area contributed by atoms with Crippen LogP contribution in [0.15, 0.2) is 53.4 Å². The van der Waals surface area contributed by atoms with E-state index in [2.05, 4.69) is 54.3 Å². The molecule has 0 bridgehead atoms. The summed E-state index contributed by atoms with van der Waals surface area (Å²) >= 11 is 3.59. The van der Waals surface area contributed by atoms with E-state index < -0.39 is 11.2 Å². The van der Waals surface area contributed by atoms with Crippen LogP contribution in [0.5, 0.6) is 0 Å². The molecular formula is C28H36N2O2S2. The third-order valence-electron chi connectivity index (χ3n) is 6.77. The maximum atomic E-state index is 13.6. The molecule has 2 aromatic carbocycles. The minimum absolute atomic E-state index is 0.0137. The van der Waals surface area contributed by atoms with Crippen LogP contribution in [-0.4, -0.2) is 34.6 Å². The van der Waals surface area contributed by atoms with E-state index in [0.29, 0.717) is 13.1 Å². The van der Waals surface area contributed by atoms with Gasteiger partial charge in [-0.3, -0.25) is 9.59 Å². The lowest BCUT2D eigenvalue weighted by Gasteiger charge is -2.35. The molecule has 1 N–H and O–H groups in total. The fourth-order valence-electron chi connectivity index (χ4n) is 4.66. The third kappa shape index (κ3) is 6.39. The van der Waals surface area contributed by atoms with Gasteiger partial charge in [-0.25, -0.2) is 0 Å². The number of nitrogens with one attached hydrogen (secondary N) is 1. The molecule has 0 unspecified atom stereocenters. The summed E-state index contributed by atoms with van der Waals surface area (Å²) in [6, 6.07) is 16.3. The number of thioether (sulfide) groups is 2. The third-order valence-corrected chi connectivity index (χ3v) is 9.70. The van der Waals surface area contributed by atoms with E-state index in [-0.39, 0.29) is 11.8 Å². The van der Waals surface area contributed by atoms with Gasteiger partial charge in [0.2, 0.25) is 11.8 Å². The Morgan fingerprint density at radius 3 is 2.62 bits per heavy atom. The standard InChI is InChI=1S/C28H36N2O2S2/c1-20-13-15-22(16-14-20)19-30-24-11-6-7-12-25(24)34-26(28(30)32)21(2)27(31)29-17-8-18-33-23-9-4-3-5-10-23/h6-7,11-16,21,23,26H,3-5,8-10,17-19H2,1-2H3,(H,29,31)/t21-,26-/m0/s1. The van der Waals surface area contributed by atoms with E-state index >= 15 is 0 Å². The zero-order chi connectivity index (χ0) is 23.9. The zero-order valence-corrected chi connectivity index (χ0v) is 21.9. The van der Waals surface area contributed by atoms with Gasteiger partial charge in [-0.2, -0.15) is 11.8 Å². The van der Waals surface area contributed by atoms with Gasteiger partial charge in [-0.1, -0.05) is 68.1 Å². The summed E-state index contributed by atoms with van der Waals surface area (Å²) in [5, 5.41) is 3.48. The topological polar surface area (TPSA) is 49.4 Å². The summed E-state index contributed by atoms with van der Waals surface area (Å²) in [5.41, 5.74) is 3.22. The van der Waals surface area contributed by atoms with Gasteiger partial charge in [-0.05, 0) is 49.6 Å². The van der Waals surface area contributed by atoms with Crippen LogP contribution in [0.3, 0.4) is 0 Å². The van der Waals surface area contributed by atoms with Gasteiger partial charge in [0.25, 0.3) is 0 Å².